The van der Waals surface area contributed by atoms with Crippen LogP contribution in [0.3, 0.4) is 0 Å². The molecule has 96 valence electrons. The average Bonchev–Trinajstić information content (AvgIpc) is 2.38. The Morgan fingerprint density at radius 2 is 2.06 bits per heavy atom. The number of fused-ring (bicyclic) bond motifs is 1. The van der Waals surface area contributed by atoms with Crippen LogP contribution in [0.5, 0.6) is 0 Å². The lowest BCUT2D eigenvalue weighted by atomic mass is 10.0. The normalized spacial score (nSPS) is 14.6. The van der Waals surface area contributed by atoms with Gasteiger partial charge in [-0.15, -0.1) is 0 Å². The Hall–Kier alpha value is -1.69. The van der Waals surface area contributed by atoms with Crippen LogP contribution >= 0.6 is 0 Å². The predicted octanol–water partition coefficient (Wildman–Crippen LogP) is 0.271. The molecular formula is C13H16N2O3. The fourth-order valence-electron chi connectivity index (χ4n) is 1.93. The minimum Gasteiger partial charge on any atom is -0.390 e. The van der Waals surface area contributed by atoms with Gasteiger partial charge in [-0.3, -0.25) is 4.79 Å². The molecule has 0 saturated heterocycles. The summed E-state index contributed by atoms with van der Waals surface area (Å²) in [4.78, 5) is 14.5. The number of H-pyrrole nitrogens is 1. The third-order valence-electron chi connectivity index (χ3n) is 2.95. The maximum atomic E-state index is 11.5. The van der Waals surface area contributed by atoms with Gasteiger partial charge in [0, 0.05) is 23.2 Å². The Bertz CT molecular complexity index is 594. The van der Waals surface area contributed by atoms with Crippen LogP contribution in [0.2, 0.25) is 0 Å². The highest BCUT2D eigenvalue weighted by atomic mass is 16.3. The summed E-state index contributed by atoms with van der Waals surface area (Å²) >= 11 is 0. The number of nitrogens with two attached hydrogens (primary N) is 1. The Balaban J connectivity index is 2.38. The van der Waals surface area contributed by atoms with Crippen molar-refractivity contribution in [1.29, 1.82) is 0 Å². The van der Waals surface area contributed by atoms with Crippen LogP contribution in [0.15, 0.2) is 35.3 Å². The van der Waals surface area contributed by atoms with Crippen LogP contribution in [0.1, 0.15) is 18.1 Å². The molecule has 2 aromatic rings. The largest absolute Gasteiger partial charge is 0.390 e. The zero-order valence-electron chi connectivity index (χ0n) is 9.84. The van der Waals surface area contributed by atoms with Gasteiger partial charge in [0.15, 0.2) is 5.43 Å². The smallest absolute Gasteiger partial charge is 0.189 e. The van der Waals surface area contributed by atoms with Crippen LogP contribution in [0.4, 0.5) is 0 Å². The molecule has 0 saturated carbocycles. The molecule has 5 nitrogen and oxygen atoms in total. The molecule has 0 fully saturated rings. The average molecular weight is 248 g/mol. The predicted molar refractivity (Wildman–Crippen MR) is 69.2 cm³/mol. The molecule has 2 atom stereocenters. The minimum atomic E-state index is -0.998. The third kappa shape index (κ3) is 2.43. The molecule has 0 radical (unpaired) electrons. The molecule has 2 unspecified atom stereocenters. The van der Waals surface area contributed by atoms with Crippen molar-refractivity contribution >= 4 is 10.9 Å². The van der Waals surface area contributed by atoms with Crippen molar-refractivity contribution in [3.05, 3.63) is 46.2 Å². The zero-order valence-corrected chi connectivity index (χ0v) is 9.84. The number of hydrogen-bond donors (Lipinski definition) is 4. The second-order valence-corrected chi connectivity index (χ2v) is 4.24. The quantitative estimate of drug-likeness (QED) is 0.624. The molecule has 0 aliphatic heterocycles. The lowest BCUT2D eigenvalue weighted by molar-refractivity contribution is 0.0151. The molecule has 1 aromatic heterocycles. The van der Waals surface area contributed by atoms with Gasteiger partial charge in [-0.05, 0) is 30.7 Å². The fraction of sp³-hybridized carbons (Fsp3) is 0.308. The van der Waals surface area contributed by atoms with Gasteiger partial charge in [0.2, 0.25) is 0 Å². The second kappa shape index (κ2) is 5.30. The Kier molecular flexibility index (Phi) is 3.76. The summed E-state index contributed by atoms with van der Waals surface area (Å²) in [6.45, 7) is 0.308. The second-order valence-electron chi connectivity index (χ2n) is 4.24. The van der Waals surface area contributed by atoms with Crippen LogP contribution in [0, 0.1) is 0 Å². The number of aliphatic hydroxyl groups is 2. The molecule has 1 aromatic carbocycles. The van der Waals surface area contributed by atoms with Crippen LogP contribution < -0.4 is 11.2 Å². The summed E-state index contributed by atoms with van der Waals surface area (Å²) in [6, 6.07) is 6.40. The number of aromatic nitrogens is 1. The van der Waals surface area contributed by atoms with Gasteiger partial charge in [0.25, 0.3) is 0 Å². The van der Waals surface area contributed by atoms with E-state index in [4.69, 9.17) is 5.73 Å². The number of benzene rings is 1. The number of hydrogen-bond acceptors (Lipinski definition) is 4. The maximum Gasteiger partial charge on any atom is 0.189 e. The molecular weight excluding hydrogens is 232 g/mol. The number of nitrogens with one attached hydrogen (secondary N) is 1. The molecule has 5 heteroatoms. The van der Waals surface area contributed by atoms with Gasteiger partial charge in [-0.25, -0.2) is 0 Å². The van der Waals surface area contributed by atoms with Crippen molar-refractivity contribution in [2.24, 2.45) is 5.73 Å². The summed E-state index contributed by atoms with van der Waals surface area (Å²) < 4.78 is 0. The number of aliphatic hydroxyl groups excluding tert-OH is 2. The van der Waals surface area contributed by atoms with Crippen molar-refractivity contribution in [2.45, 2.75) is 18.6 Å². The summed E-state index contributed by atoms with van der Waals surface area (Å²) in [5.74, 6) is 0. The van der Waals surface area contributed by atoms with E-state index in [1.165, 1.54) is 6.07 Å². The van der Waals surface area contributed by atoms with E-state index in [9.17, 15) is 15.0 Å². The standard InChI is InChI=1S/C13H16N2O3/c14-5-3-12(17)13(18)8-1-2-9-10(7-8)15-6-4-11(9)16/h1-2,4,6-7,12-13,17-18H,3,5,14H2,(H,15,16). The monoisotopic (exact) mass is 248 g/mol. The van der Waals surface area contributed by atoms with Gasteiger partial charge in [-0.2, -0.15) is 0 Å². The van der Waals surface area contributed by atoms with E-state index in [1.54, 1.807) is 24.4 Å². The van der Waals surface area contributed by atoms with E-state index in [0.29, 0.717) is 29.4 Å². The Labute approximate surface area is 104 Å². The molecule has 0 aliphatic rings. The SMILES string of the molecule is NCCC(O)C(O)c1ccc2c(=O)cc[nH]c2c1. The maximum absolute atomic E-state index is 11.5. The first kappa shape index (κ1) is 12.8. The van der Waals surface area contributed by atoms with Crippen molar-refractivity contribution in [3.63, 3.8) is 0 Å². The topological polar surface area (TPSA) is 99.3 Å². The van der Waals surface area contributed by atoms with Crippen LogP contribution in [-0.4, -0.2) is 27.8 Å². The molecule has 0 spiro atoms. The van der Waals surface area contributed by atoms with Gasteiger partial charge >= 0.3 is 0 Å². The molecule has 18 heavy (non-hydrogen) atoms. The van der Waals surface area contributed by atoms with E-state index < -0.39 is 12.2 Å². The Morgan fingerprint density at radius 3 is 2.78 bits per heavy atom. The lowest BCUT2D eigenvalue weighted by Gasteiger charge is -2.17. The van der Waals surface area contributed by atoms with Gasteiger partial charge in [0.1, 0.15) is 6.10 Å². The highest BCUT2D eigenvalue weighted by Gasteiger charge is 2.17. The molecule has 0 aliphatic carbocycles. The number of rotatable bonds is 4. The molecule has 0 bridgehead atoms. The van der Waals surface area contributed by atoms with E-state index in [0.717, 1.165) is 0 Å². The highest BCUT2D eigenvalue weighted by Crippen LogP contribution is 2.21. The first-order chi connectivity index (χ1) is 8.63. The first-order valence-electron chi connectivity index (χ1n) is 5.81. The summed E-state index contributed by atoms with van der Waals surface area (Å²) in [7, 11) is 0. The fourth-order valence-corrected chi connectivity index (χ4v) is 1.93. The van der Waals surface area contributed by atoms with E-state index in [-0.39, 0.29) is 5.43 Å². The molecule has 5 N–H and O–H groups in total. The summed E-state index contributed by atoms with van der Waals surface area (Å²) in [6.07, 6.45) is -0.0219. The highest BCUT2D eigenvalue weighted by molar-refractivity contribution is 5.78. The van der Waals surface area contributed by atoms with E-state index >= 15 is 0 Å². The lowest BCUT2D eigenvalue weighted by Crippen LogP contribution is -2.21. The first-order valence-corrected chi connectivity index (χ1v) is 5.81. The van der Waals surface area contributed by atoms with E-state index in [2.05, 4.69) is 4.98 Å². The van der Waals surface area contributed by atoms with E-state index in [1.807, 2.05) is 0 Å². The summed E-state index contributed by atoms with van der Waals surface area (Å²) in [5.41, 5.74) is 6.46. The zero-order chi connectivity index (χ0) is 13.1. The van der Waals surface area contributed by atoms with Gasteiger partial charge in [-0.1, -0.05) is 6.07 Å². The third-order valence-corrected chi connectivity index (χ3v) is 2.95. The Morgan fingerprint density at radius 1 is 1.28 bits per heavy atom. The van der Waals surface area contributed by atoms with Crippen LogP contribution in [-0.2, 0) is 0 Å². The number of aromatic amines is 1. The molecule has 2 rings (SSSR count). The summed E-state index contributed by atoms with van der Waals surface area (Å²) in [5, 5.41) is 20.2. The van der Waals surface area contributed by atoms with Crippen molar-refractivity contribution in [3.8, 4) is 0 Å². The van der Waals surface area contributed by atoms with Gasteiger partial charge in [0.05, 0.1) is 6.10 Å². The van der Waals surface area contributed by atoms with Crippen molar-refractivity contribution < 1.29 is 10.2 Å². The minimum absolute atomic E-state index is 0.0766. The van der Waals surface area contributed by atoms with Crippen molar-refractivity contribution in [1.82, 2.24) is 4.98 Å². The molecule has 0 amide bonds. The van der Waals surface area contributed by atoms with Crippen LogP contribution in [0.25, 0.3) is 10.9 Å². The van der Waals surface area contributed by atoms with Gasteiger partial charge < -0.3 is 20.9 Å². The van der Waals surface area contributed by atoms with Crippen molar-refractivity contribution in [2.75, 3.05) is 6.54 Å². The number of pyridine rings is 1. The molecule has 1 heterocycles.